The van der Waals surface area contributed by atoms with Crippen molar-refractivity contribution in [2.24, 2.45) is 0 Å². The number of rotatable bonds is 6. The summed E-state index contributed by atoms with van der Waals surface area (Å²) in [5.41, 5.74) is 13.3. The van der Waals surface area contributed by atoms with E-state index in [0.29, 0.717) is 6.67 Å². The third-order valence-corrected chi connectivity index (χ3v) is 14.8. The van der Waals surface area contributed by atoms with Gasteiger partial charge in [-0.1, -0.05) is 84.0 Å². The van der Waals surface area contributed by atoms with Crippen LogP contribution in [0.3, 0.4) is 0 Å². The van der Waals surface area contributed by atoms with Gasteiger partial charge in [0.15, 0.2) is 0 Å². The van der Waals surface area contributed by atoms with Crippen molar-refractivity contribution in [1.82, 2.24) is 4.98 Å². The molecule has 60 heavy (non-hydrogen) atoms. The van der Waals surface area contributed by atoms with E-state index in [9.17, 15) is 0 Å². The molecule has 0 radical (unpaired) electrons. The summed E-state index contributed by atoms with van der Waals surface area (Å²) in [6, 6.07) is 53.2. The first-order valence-corrected chi connectivity index (χ1v) is 23.3. The van der Waals surface area contributed by atoms with Crippen LogP contribution in [0.4, 0.5) is 39.9 Å². The quantitative estimate of drug-likeness (QED) is 0.155. The summed E-state index contributed by atoms with van der Waals surface area (Å²) in [5, 5.41) is 0. The second-order valence-corrected chi connectivity index (χ2v) is 22.2. The molecule has 6 aromatic carbocycles. The Balaban J connectivity index is 1.08. The first-order chi connectivity index (χ1) is 28.6. The first kappa shape index (κ1) is 39.9. The zero-order valence-corrected chi connectivity index (χ0v) is 38.6. The minimum absolute atomic E-state index is 0.00118. The maximum Gasteiger partial charge on any atom is -0.0345 e. The SMILES string of the molecule is CC(C)(C)c1cc(-c2ccccc2)cc(N2CN(c3cccc(Oc4ccc5c(c4)N(c4cc(C(C)(C)C)ccn4)c4ccccc4[Te]5)c3)c3cc(C(C)(C)C)ccc32)c1. The molecule has 2 aliphatic heterocycles. The Hall–Kier alpha value is -5.54. The zero-order valence-electron chi connectivity index (χ0n) is 36.2. The molecule has 0 atom stereocenters. The van der Waals surface area contributed by atoms with Crippen LogP contribution in [-0.4, -0.2) is 32.6 Å². The van der Waals surface area contributed by atoms with Gasteiger partial charge in [-0.3, -0.25) is 0 Å². The van der Waals surface area contributed by atoms with Crippen LogP contribution in [0, 0.1) is 0 Å². The van der Waals surface area contributed by atoms with Gasteiger partial charge in [0.1, 0.15) is 0 Å². The molecule has 5 nitrogen and oxygen atoms in total. The number of para-hydroxylation sites is 1. The maximum atomic E-state index is 6.82. The number of benzene rings is 6. The summed E-state index contributed by atoms with van der Waals surface area (Å²) in [5.74, 6) is 2.53. The summed E-state index contributed by atoms with van der Waals surface area (Å²) in [6.45, 7) is 21.2. The van der Waals surface area contributed by atoms with Crippen LogP contribution < -0.4 is 26.7 Å². The van der Waals surface area contributed by atoms with Crippen LogP contribution in [-0.2, 0) is 16.2 Å². The molecule has 0 bridgehead atoms. The Bertz CT molecular complexity index is 2720. The Morgan fingerprint density at radius 1 is 0.467 bits per heavy atom. The summed E-state index contributed by atoms with van der Waals surface area (Å²) in [4.78, 5) is 12.2. The van der Waals surface area contributed by atoms with Crippen molar-refractivity contribution in [1.29, 1.82) is 0 Å². The molecule has 0 saturated carbocycles. The van der Waals surface area contributed by atoms with E-state index in [-0.39, 0.29) is 16.2 Å². The molecule has 302 valence electrons. The van der Waals surface area contributed by atoms with Gasteiger partial charge in [-0.25, -0.2) is 0 Å². The topological polar surface area (TPSA) is 31.8 Å². The second kappa shape index (κ2) is 15.2. The Morgan fingerprint density at radius 2 is 1.15 bits per heavy atom. The normalized spacial score (nSPS) is 13.8. The van der Waals surface area contributed by atoms with Crippen molar-refractivity contribution in [3.8, 4) is 22.6 Å². The zero-order chi connectivity index (χ0) is 42.0. The molecular weight excluding hydrogens is 848 g/mol. The van der Waals surface area contributed by atoms with Gasteiger partial charge in [0, 0.05) is 0 Å². The molecule has 2 aliphatic rings. The van der Waals surface area contributed by atoms with Gasteiger partial charge in [0.25, 0.3) is 0 Å². The van der Waals surface area contributed by atoms with E-state index in [0.717, 1.165) is 28.7 Å². The minimum Gasteiger partial charge on any atom is -0.0345 e. The van der Waals surface area contributed by atoms with Crippen LogP contribution in [0.5, 0.6) is 11.5 Å². The van der Waals surface area contributed by atoms with E-state index in [2.05, 4.69) is 223 Å². The van der Waals surface area contributed by atoms with Gasteiger partial charge >= 0.3 is 245 Å². The van der Waals surface area contributed by atoms with Gasteiger partial charge in [-0.15, -0.1) is 0 Å². The van der Waals surface area contributed by atoms with Crippen molar-refractivity contribution < 1.29 is 4.74 Å². The molecular formula is C54H54N4OTe. The molecule has 9 rings (SSSR count). The molecule has 1 aromatic heterocycles. The predicted octanol–water partition coefficient (Wildman–Crippen LogP) is 13.1. The second-order valence-electron chi connectivity index (χ2n) is 19.1. The number of aromatic nitrogens is 1. The van der Waals surface area contributed by atoms with Crippen LogP contribution in [0.25, 0.3) is 11.1 Å². The van der Waals surface area contributed by atoms with E-state index in [1.165, 1.54) is 57.8 Å². The number of hydrogen-bond acceptors (Lipinski definition) is 5. The molecule has 0 N–H and O–H groups in total. The van der Waals surface area contributed by atoms with Crippen LogP contribution in [0.15, 0.2) is 152 Å². The van der Waals surface area contributed by atoms with Crippen LogP contribution in [0.1, 0.15) is 79.0 Å². The average Bonchev–Trinajstić information content (AvgIpc) is 3.61. The Morgan fingerprint density at radius 3 is 1.92 bits per heavy atom. The van der Waals surface area contributed by atoms with E-state index < -0.39 is 20.9 Å². The molecule has 0 spiro atoms. The summed E-state index contributed by atoms with van der Waals surface area (Å²) in [6.07, 6.45) is 1.95. The molecule has 0 unspecified atom stereocenters. The van der Waals surface area contributed by atoms with Crippen LogP contribution in [0.2, 0.25) is 0 Å². The fraction of sp³-hybridized carbons (Fsp3) is 0.241. The third-order valence-electron chi connectivity index (χ3n) is 11.6. The van der Waals surface area contributed by atoms with E-state index in [4.69, 9.17) is 9.72 Å². The average molecular weight is 903 g/mol. The summed E-state index contributed by atoms with van der Waals surface area (Å²) < 4.78 is 9.60. The Kier molecular flexibility index (Phi) is 10.1. The molecule has 6 heteroatoms. The molecule has 0 aliphatic carbocycles. The largest absolute Gasteiger partial charge is 0.0345 e. The van der Waals surface area contributed by atoms with Crippen molar-refractivity contribution in [3.63, 3.8) is 0 Å². The predicted molar refractivity (Wildman–Crippen MR) is 254 cm³/mol. The molecule has 0 amide bonds. The fourth-order valence-corrected chi connectivity index (χ4v) is 11.0. The van der Waals surface area contributed by atoms with Gasteiger partial charge < -0.3 is 0 Å². The summed E-state index contributed by atoms with van der Waals surface area (Å²) in [7, 11) is 0. The van der Waals surface area contributed by atoms with Crippen molar-refractivity contribution in [2.45, 2.75) is 78.6 Å². The molecule has 3 heterocycles. The smallest absolute Gasteiger partial charge is 0.0345 e. The van der Waals surface area contributed by atoms with E-state index in [1.54, 1.807) is 0 Å². The number of anilines is 7. The number of ether oxygens (including phenoxy) is 1. The fourth-order valence-electron chi connectivity index (χ4n) is 8.07. The standard InChI is InChI=1S/C54H54N4OTe/c1-52(2,3)38-22-24-45-47(31-38)56(35-57(45)42-29-37(36-16-11-10-12-17-36)28-40(30-42)54(7,8)9)41-18-15-19-43(33-41)59-44-23-25-50-48(34-44)58(46-20-13-14-21-49(46)60-50)51-32-39(26-27-55-51)53(4,5)6/h10-34H,35H2,1-9H3. The Labute approximate surface area is 366 Å². The summed E-state index contributed by atoms with van der Waals surface area (Å²) >= 11 is -0.606. The van der Waals surface area contributed by atoms with E-state index >= 15 is 0 Å². The van der Waals surface area contributed by atoms with E-state index in [1.807, 2.05) is 6.20 Å². The molecule has 0 saturated heterocycles. The first-order valence-electron chi connectivity index (χ1n) is 21.0. The molecule has 7 aromatic rings. The number of nitrogens with zero attached hydrogens (tertiary/aromatic N) is 4. The maximum absolute atomic E-state index is 6.82. The minimum atomic E-state index is -0.606. The van der Waals surface area contributed by atoms with Crippen molar-refractivity contribution in [3.05, 3.63) is 168 Å². The molecule has 0 fully saturated rings. The monoisotopic (exact) mass is 904 g/mol. The third kappa shape index (κ3) is 7.80. The number of fused-ring (bicyclic) bond motifs is 3. The van der Waals surface area contributed by atoms with Gasteiger partial charge in [0.2, 0.25) is 0 Å². The van der Waals surface area contributed by atoms with Crippen molar-refractivity contribution in [2.75, 3.05) is 21.4 Å². The van der Waals surface area contributed by atoms with Crippen LogP contribution >= 0.6 is 0 Å². The number of hydrogen-bond donors (Lipinski definition) is 0. The van der Waals surface area contributed by atoms with Gasteiger partial charge in [0.05, 0.1) is 0 Å². The van der Waals surface area contributed by atoms with Crippen molar-refractivity contribution >= 4 is 68.1 Å². The number of pyridine rings is 1. The van der Waals surface area contributed by atoms with Gasteiger partial charge in [-0.05, 0) is 39.7 Å². The van der Waals surface area contributed by atoms with Gasteiger partial charge in [-0.2, -0.15) is 0 Å².